The van der Waals surface area contributed by atoms with Crippen LogP contribution in [0.2, 0.25) is 0 Å². The van der Waals surface area contributed by atoms with Gasteiger partial charge in [0.15, 0.2) is 6.10 Å². The first kappa shape index (κ1) is 42.6. The maximum Gasteiger partial charge on any atom is 0.303 e. The van der Waals surface area contributed by atoms with Gasteiger partial charge in [-0.15, -0.1) is 17.9 Å². The second kappa shape index (κ2) is 20.0. The van der Waals surface area contributed by atoms with E-state index in [-0.39, 0.29) is 66.9 Å². The molecule has 1 aromatic carbocycles. The van der Waals surface area contributed by atoms with Gasteiger partial charge in [0.1, 0.15) is 35.5 Å². The Hall–Kier alpha value is -4.14. The number of piperidine rings is 1. The minimum Gasteiger partial charge on any atom is -0.508 e. The number of benzene rings is 1. The fourth-order valence-electron chi connectivity index (χ4n) is 7.39. The van der Waals surface area contributed by atoms with Crippen LogP contribution >= 0.6 is 11.3 Å². The number of hydrogen-bond donors (Lipinski definition) is 3. The molecule has 1 aliphatic heterocycles. The van der Waals surface area contributed by atoms with Gasteiger partial charge < -0.3 is 34.9 Å². The van der Waals surface area contributed by atoms with Crippen LogP contribution in [-0.2, 0) is 35.1 Å². The van der Waals surface area contributed by atoms with Gasteiger partial charge in [-0.2, -0.15) is 0 Å². The number of phenolic OH excluding ortho intramolecular Hbond substituents is 1. The molecule has 2 heterocycles. The van der Waals surface area contributed by atoms with Crippen molar-refractivity contribution in [2.75, 3.05) is 26.9 Å². The average Bonchev–Trinajstić information content (AvgIpc) is 3.64. The Labute approximate surface area is 322 Å². The van der Waals surface area contributed by atoms with Crippen LogP contribution in [0.4, 0.5) is 0 Å². The first-order valence-electron chi connectivity index (χ1n) is 19.0. The number of nitrogens with zero attached hydrogens (tertiary/aromatic N) is 3. The summed E-state index contributed by atoms with van der Waals surface area (Å²) in [5.74, 6) is -2.14. The molecule has 2 aliphatic rings. The molecule has 0 saturated carbocycles. The second-order valence-electron chi connectivity index (χ2n) is 14.9. The SMILES string of the molecule is C=CCOCN(C(=O)[C@@H](NC(=O)[C@H]1CCCCN1C)C(C)CC)[C@H](C[C@@H](OC(C)=O)c1nc(C(=O)N[C@H]2Cc3ccc(O)cc3[C@H](C=O)C2)cs1)C(C)C. The summed E-state index contributed by atoms with van der Waals surface area (Å²) in [7, 11) is 1.93. The zero-order valence-corrected chi connectivity index (χ0v) is 33.2. The van der Waals surface area contributed by atoms with Crippen LogP contribution in [0.3, 0.4) is 0 Å². The second-order valence-corrected chi connectivity index (χ2v) is 15.8. The third-order valence-electron chi connectivity index (χ3n) is 10.6. The summed E-state index contributed by atoms with van der Waals surface area (Å²) in [6.07, 6.45) is 5.91. The number of esters is 1. The van der Waals surface area contributed by atoms with E-state index in [1.54, 1.807) is 34.6 Å². The molecule has 2 aromatic rings. The number of likely N-dealkylation sites (tertiary alicyclic amines) is 1. The molecule has 1 aliphatic carbocycles. The molecule has 0 radical (unpaired) electrons. The molecule has 3 amide bonds. The minimum atomic E-state index is -0.891. The number of thiazole rings is 1. The Bertz CT molecular complexity index is 1630. The maximum atomic E-state index is 14.6. The van der Waals surface area contributed by atoms with E-state index in [1.807, 2.05) is 39.6 Å². The number of likely N-dealkylation sites (N-methyl/N-ethyl adjacent to an activating group) is 1. The fraction of sp³-hybridized carbons (Fsp3) is 0.600. The summed E-state index contributed by atoms with van der Waals surface area (Å²) in [5, 5.41) is 18.0. The van der Waals surface area contributed by atoms with Gasteiger partial charge in [-0.05, 0) is 74.4 Å². The summed E-state index contributed by atoms with van der Waals surface area (Å²) in [6, 6.07) is 2.94. The summed E-state index contributed by atoms with van der Waals surface area (Å²) in [5.41, 5.74) is 1.78. The van der Waals surface area contributed by atoms with Crippen molar-refractivity contribution < 1.29 is 38.6 Å². The molecule has 14 heteroatoms. The molecule has 296 valence electrons. The number of carbonyl (C=O) groups excluding carboxylic acids is 5. The normalized spacial score (nSPS) is 20.8. The minimum absolute atomic E-state index is 0.0793. The van der Waals surface area contributed by atoms with Crippen molar-refractivity contribution in [1.29, 1.82) is 0 Å². The molecule has 1 unspecified atom stereocenters. The largest absolute Gasteiger partial charge is 0.508 e. The molecule has 4 rings (SSSR count). The summed E-state index contributed by atoms with van der Waals surface area (Å²) >= 11 is 1.18. The van der Waals surface area contributed by atoms with E-state index in [2.05, 4.69) is 22.2 Å². The average molecular weight is 768 g/mol. The molecule has 1 saturated heterocycles. The number of amides is 3. The maximum absolute atomic E-state index is 14.6. The van der Waals surface area contributed by atoms with Crippen molar-refractivity contribution in [1.82, 2.24) is 25.4 Å². The van der Waals surface area contributed by atoms with Crippen LogP contribution in [0.1, 0.15) is 112 Å². The molecule has 13 nitrogen and oxygen atoms in total. The van der Waals surface area contributed by atoms with Gasteiger partial charge >= 0.3 is 5.97 Å². The monoisotopic (exact) mass is 767 g/mol. The predicted octanol–water partition coefficient (Wildman–Crippen LogP) is 4.90. The standard InChI is InChI=1S/C40H57N5O8S/c1-8-16-52-23-45(40(51)36(25(5)9-2)43-38(50)33-12-10-11-15-44(33)7)34(24(3)4)20-35(53-26(6)47)39-42-32(22-54-39)37(49)41-29-17-27-13-14-30(48)19-31(27)28(18-29)21-46/h8,13-14,19,21-22,24-25,28-29,33-36,48H,1,9-12,15-18,20,23H2,2-7H3,(H,41,49)(H,43,50)/t25?,28-,29-,33+,34+,35+,36-/m0/s1. The molecule has 7 atom stereocenters. The quantitative estimate of drug-likeness (QED) is 0.0625. The Kier molecular flexibility index (Phi) is 15.8. The van der Waals surface area contributed by atoms with Crippen LogP contribution in [0.25, 0.3) is 0 Å². The van der Waals surface area contributed by atoms with Crippen molar-refractivity contribution >= 4 is 41.3 Å². The van der Waals surface area contributed by atoms with Gasteiger partial charge in [0.2, 0.25) is 11.8 Å². The third kappa shape index (κ3) is 11.0. The van der Waals surface area contributed by atoms with Gasteiger partial charge in [-0.1, -0.05) is 52.7 Å². The molecule has 0 bridgehead atoms. The fourth-order valence-corrected chi connectivity index (χ4v) is 8.23. The number of nitrogens with one attached hydrogen (secondary N) is 2. The number of aromatic nitrogens is 1. The van der Waals surface area contributed by atoms with Gasteiger partial charge in [0.05, 0.1) is 12.6 Å². The highest BCUT2D eigenvalue weighted by atomic mass is 32.1. The number of ether oxygens (including phenoxy) is 2. The van der Waals surface area contributed by atoms with Gasteiger partial charge in [-0.25, -0.2) is 4.98 Å². The molecular formula is C40H57N5O8S. The zero-order valence-electron chi connectivity index (χ0n) is 32.4. The lowest BCUT2D eigenvalue weighted by Gasteiger charge is -2.39. The van der Waals surface area contributed by atoms with E-state index in [4.69, 9.17) is 9.47 Å². The van der Waals surface area contributed by atoms with E-state index >= 15 is 0 Å². The highest BCUT2D eigenvalue weighted by Gasteiger charge is 2.39. The van der Waals surface area contributed by atoms with E-state index in [1.165, 1.54) is 18.3 Å². The number of phenols is 1. The van der Waals surface area contributed by atoms with E-state index in [0.29, 0.717) is 24.3 Å². The summed E-state index contributed by atoms with van der Waals surface area (Å²) in [6.45, 7) is 13.8. The molecule has 54 heavy (non-hydrogen) atoms. The molecule has 1 fully saturated rings. The van der Waals surface area contributed by atoms with Crippen molar-refractivity contribution in [3.63, 3.8) is 0 Å². The van der Waals surface area contributed by atoms with Crippen LogP contribution < -0.4 is 10.6 Å². The lowest BCUT2D eigenvalue weighted by atomic mass is 9.80. The summed E-state index contributed by atoms with van der Waals surface area (Å²) in [4.78, 5) is 74.4. The Morgan fingerprint density at radius 2 is 1.96 bits per heavy atom. The molecule has 3 N–H and O–H groups in total. The molecular weight excluding hydrogens is 711 g/mol. The van der Waals surface area contributed by atoms with Crippen molar-refractivity contribution in [2.45, 2.75) is 116 Å². The Balaban J connectivity index is 1.57. The third-order valence-corrected chi connectivity index (χ3v) is 11.5. The van der Waals surface area contributed by atoms with E-state index in [0.717, 1.165) is 43.2 Å². The lowest BCUT2D eigenvalue weighted by Crippen LogP contribution is -2.59. The van der Waals surface area contributed by atoms with Crippen LogP contribution in [0.15, 0.2) is 36.2 Å². The van der Waals surface area contributed by atoms with Gasteiger partial charge in [0.25, 0.3) is 5.91 Å². The number of rotatable bonds is 18. The van der Waals surface area contributed by atoms with E-state index in [9.17, 15) is 29.1 Å². The Morgan fingerprint density at radius 3 is 2.61 bits per heavy atom. The van der Waals surface area contributed by atoms with E-state index < -0.39 is 36.0 Å². The molecule has 0 spiro atoms. The topological polar surface area (TPSA) is 167 Å². The molecule has 1 aromatic heterocycles. The van der Waals surface area contributed by atoms with Crippen LogP contribution in [-0.4, -0.2) is 101 Å². The number of aldehydes is 1. The Morgan fingerprint density at radius 1 is 1.20 bits per heavy atom. The van der Waals surface area contributed by atoms with Crippen molar-refractivity contribution in [3.8, 4) is 5.75 Å². The zero-order chi connectivity index (χ0) is 39.5. The lowest BCUT2D eigenvalue weighted by molar-refractivity contribution is -0.152. The summed E-state index contributed by atoms with van der Waals surface area (Å²) < 4.78 is 11.7. The number of hydrogen-bond acceptors (Lipinski definition) is 11. The van der Waals surface area contributed by atoms with Crippen molar-refractivity contribution in [3.05, 3.63) is 58.1 Å². The number of carbonyl (C=O) groups is 5. The predicted molar refractivity (Wildman–Crippen MR) is 206 cm³/mol. The number of aromatic hydroxyl groups is 1. The number of fused-ring (bicyclic) bond motifs is 1. The van der Waals surface area contributed by atoms with Gasteiger partial charge in [0, 0.05) is 36.7 Å². The highest BCUT2D eigenvalue weighted by molar-refractivity contribution is 7.09. The van der Waals surface area contributed by atoms with Gasteiger partial charge in [-0.3, -0.25) is 24.1 Å². The smallest absolute Gasteiger partial charge is 0.303 e. The highest BCUT2D eigenvalue weighted by Crippen LogP contribution is 2.34. The first-order chi connectivity index (χ1) is 25.8. The van der Waals surface area contributed by atoms with Crippen LogP contribution in [0.5, 0.6) is 5.75 Å². The van der Waals surface area contributed by atoms with Crippen LogP contribution in [0, 0.1) is 11.8 Å². The first-order valence-corrected chi connectivity index (χ1v) is 19.9. The van der Waals surface area contributed by atoms with Crippen molar-refractivity contribution in [2.24, 2.45) is 11.8 Å².